The molecule has 0 saturated carbocycles. The zero-order valence-electron chi connectivity index (χ0n) is 17.6. The van der Waals surface area contributed by atoms with Crippen LogP contribution in [0.5, 0.6) is 5.75 Å². The van der Waals surface area contributed by atoms with Crippen molar-refractivity contribution in [3.05, 3.63) is 42.2 Å². The molecule has 0 spiro atoms. The summed E-state index contributed by atoms with van der Waals surface area (Å²) < 4.78 is 7.50. The Morgan fingerprint density at radius 3 is 2.83 bits per heavy atom. The Morgan fingerprint density at radius 1 is 1.34 bits per heavy atom. The van der Waals surface area contributed by atoms with Crippen molar-refractivity contribution in [1.82, 2.24) is 20.0 Å². The van der Waals surface area contributed by atoms with Gasteiger partial charge in [-0.3, -0.25) is 14.5 Å². The average Bonchev–Trinajstić information content (AvgIpc) is 3.13. The third-order valence-electron chi connectivity index (χ3n) is 4.67. The van der Waals surface area contributed by atoms with Crippen LogP contribution in [-0.4, -0.2) is 59.8 Å². The van der Waals surface area contributed by atoms with Crippen molar-refractivity contribution in [2.75, 3.05) is 38.2 Å². The predicted molar refractivity (Wildman–Crippen MR) is 114 cm³/mol. The van der Waals surface area contributed by atoms with Gasteiger partial charge in [-0.1, -0.05) is 26.0 Å². The smallest absolute Gasteiger partial charge is 0.246 e. The van der Waals surface area contributed by atoms with Crippen LogP contribution >= 0.6 is 0 Å². The van der Waals surface area contributed by atoms with Crippen LogP contribution in [-0.2, 0) is 18.4 Å². The minimum absolute atomic E-state index is 0.0382. The SMILES string of the molecule is CN=C(NCc1cccc(OCC(C)C)c1)N1CCN(c2cnn(C)c2)C(=O)C1. The quantitative estimate of drug-likeness (QED) is 0.594. The second-order valence-corrected chi connectivity index (χ2v) is 7.59. The van der Waals surface area contributed by atoms with Crippen LogP contribution in [0.2, 0.25) is 0 Å². The van der Waals surface area contributed by atoms with E-state index in [1.807, 2.05) is 42.4 Å². The predicted octanol–water partition coefficient (Wildman–Crippen LogP) is 1.88. The maximum Gasteiger partial charge on any atom is 0.246 e. The zero-order valence-corrected chi connectivity index (χ0v) is 17.6. The molecule has 0 atom stereocenters. The number of aryl methyl sites for hydroxylation is 1. The minimum atomic E-state index is 0.0382. The van der Waals surface area contributed by atoms with Gasteiger partial charge >= 0.3 is 0 Å². The van der Waals surface area contributed by atoms with E-state index in [1.54, 1.807) is 22.8 Å². The van der Waals surface area contributed by atoms with Crippen molar-refractivity contribution in [2.24, 2.45) is 18.0 Å². The van der Waals surface area contributed by atoms with Crippen molar-refractivity contribution in [3.8, 4) is 5.75 Å². The highest BCUT2D eigenvalue weighted by molar-refractivity contribution is 5.98. The summed E-state index contributed by atoms with van der Waals surface area (Å²) in [7, 11) is 3.58. The van der Waals surface area contributed by atoms with E-state index in [2.05, 4.69) is 29.3 Å². The molecule has 1 saturated heterocycles. The first-order valence-corrected chi connectivity index (χ1v) is 9.92. The molecule has 1 fully saturated rings. The van der Waals surface area contributed by atoms with Gasteiger partial charge in [0.05, 0.1) is 18.5 Å². The topological polar surface area (TPSA) is 75.0 Å². The Bertz CT molecular complexity index is 860. The van der Waals surface area contributed by atoms with Gasteiger partial charge in [-0.05, 0) is 23.6 Å². The molecule has 1 aliphatic heterocycles. The largest absolute Gasteiger partial charge is 0.493 e. The molecule has 2 aromatic rings. The number of amides is 1. The van der Waals surface area contributed by atoms with Crippen LogP contribution in [0, 0.1) is 5.92 Å². The normalized spacial score (nSPS) is 15.2. The molecule has 0 bridgehead atoms. The first-order chi connectivity index (χ1) is 14.0. The number of aliphatic imine (C=N–C) groups is 1. The van der Waals surface area contributed by atoms with E-state index in [0.717, 1.165) is 23.0 Å². The summed E-state index contributed by atoms with van der Waals surface area (Å²) in [5, 5.41) is 7.51. The van der Waals surface area contributed by atoms with Gasteiger partial charge in [-0.2, -0.15) is 5.10 Å². The molecule has 1 amide bonds. The lowest BCUT2D eigenvalue weighted by Crippen LogP contribution is -2.55. The number of piperazine rings is 1. The van der Waals surface area contributed by atoms with Gasteiger partial charge in [0.25, 0.3) is 0 Å². The number of aromatic nitrogens is 2. The van der Waals surface area contributed by atoms with E-state index in [0.29, 0.717) is 32.2 Å². The van der Waals surface area contributed by atoms with Gasteiger partial charge < -0.3 is 19.9 Å². The van der Waals surface area contributed by atoms with Gasteiger partial charge in [-0.25, -0.2) is 0 Å². The van der Waals surface area contributed by atoms with Crippen molar-refractivity contribution in [1.29, 1.82) is 0 Å². The molecule has 29 heavy (non-hydrogen) atoms. The highest BCUT2D eigenvalue weighted by Crippen LogP contribution is 2.17. The summed E-state index contributed by atoms with van der Waals surface area (Å²) in [5.41, 5.74) is 1.94. The van der Waals surface area contributed by atoms with Crippen molar-refractivity contribution in [3.63, 3.8) is 0 Å². The summed E-state index contributed by atoms with van der Waals surface area (Å²) in [6.45, 7) is 7.16. The van der Waals surface area contributed by atoms with Gasteiger partial charge in [0, 0.05) is 39.9 Å². The number of guanidine groups is 1. The standard InChI is InChI=1S/C21H30N6O2/c1-16(2)15-29-19-7-5-6-17(10-19)11-23-21(22-3)26-8-9-27(20(28)14-26)18-12-24-25(4)13-18/h5-7,10,12-13,16H,8-9,11,14-15H2,1-4H3,(H,22,23). The molecular formula is C21H30N6O2. The fourth-order valence-corrected chi connectivity index (χ4v) is 3.20. The lowest BCUT2D eigenvalue weighted by molar-refractivity contribution is -0.120. The number of rotatable bonds is 6. The van der Waals surface area contributed by atoms with Crippen LogP contribution in [0.4, 0.5) is 5.69 Å². The molecule has 0 radical (unpaired) electrons. The molecule has 1 aromatic heterocycles. The molecule has 1 aliphatic rings. The second kappa shape index (κ2) is 9.45. The first-order valence-electron chi connectivity index (χ1n) is 9.92. The highest BCUT2D eigenvalue weighted by atomic mass is 16.5. The number of benzene rings is 1. The minimum Gasteiger partial charge on any atom is -0.493 e. The molecular weight excluding hydrogens is 368 g/mol. The van der Waals surface area contributed by atoms with Gasteiger partial charge in [0.15, 0.2) is 5.96 Å². The number of hydrogen-bond acceptors (Lipinski definition) is 4. The Balaban J connectivity index is 1.56. The highest BCUT2D eigenvalue weighted by Gasteiger charge is 2.27. The summed E-state index contributed by atoms with van der Waals surface area (Å²) in [4.78, 5) is 20.7. The van der Waals surface area contributed by atoms with Crippen molar-refractivity contribution < 1.29 is 9.53 Å². The third-order valence-corrected chi connectivity index (χ3v) is 4.67. The molecule has 8 heteroatoms. The molecule has 0 aliphatic carbocycles. The van der Waals surface area contributed by atoms with E-state index in [9.17, 15) is 4.79 Å². The van der Waals surface area contributed by atoms with Crippen molar-refractivity contribution in [2.45, 2.75) is 20.4 Å². The van der Waals surface area contributed by atoms with Crippen molar-refractivity contribution >= 4 is 17.6 Å². The van der Waals surface area contributed by atoms with E-state index in [1.165, 1.54) is 0 Å². The number of carbonyl (C=O) groups excluding carboxylic acids is 1. The fraction of sp³-hybridized carbons (Fsp3) is 0.476. The van der Waals surface area contributed by atoms with E-state index >= 15 is 0 Å². The van der Waals surface area contributed by atoms with Crippen LogP contribution in [0.25, 0.3) is 0 Å². The lowest BCUT2D eigenvalue weighted by Gasteiger charge is -2.35. The van der Waals surface area contributed by atoms with Crippen LogP contribution in [0.15, 0.2) is 41.7 Å². The number of carbonyl (C=O) groups is 1. The Kier molecular flexibility index (Phi) is 6.74. The first kappa shape index (κ1) is 20.7. The van der Waals surface area contributed by atoms with E-state index < -0.39 is 0 Å². The molecule has 1 N–H and O–H groups in total. The van der Waals surface area contributed by atoms with Gasteiger partial charge in [0.2, 0.25) is 5.91 Å². The van der Waals surface area contributed by atoms with Crippen LogP contribution in [0.3, 0.4) is 0 Å². The van der Waals surface area contributed by atoms with Gasteiger partial charge in [-0.15, -0.1) is 0 Å². The molecule has 2 heterocycles. The van der Waals surface area contributed by atoms with Crippen LogP contribution < -0.4 is 15.0 Å². The number of hydrogen-bond donors (Lipinski definition) is 1. The fourth-order valence-electron chi connectivity index (χ4n) is 3.20. The maximum absolute atomic E-state index is 12.6. The lowest BCUT2D eigenvalue weighted by atomic mass is 10.2. The second-order valence-electron chi connectivity index (χ2n) is 7.59. The molecule has 8 nitrogen and oxygen atoms in total. The van der Waals surface area contributed by atoms with Gasteiger partial charge in [0.1, 0.15) is 12.3 Å². The molecule has 156 valence electrons. The maximum atomic E-state index is 12.6. The number of nitrogens with one attached hydrogen (secondary N) is 1. The molecule has 3 rings (SSSR count). The third kappa shape index (κ3) is 5.49. The summed E-state index contributed by atoms with van der Waals surface area (Å²) in [6, 6.07) is 8.05. The summed E-state index contributed by atoms with van der Waals surface area (Å²) in [6.07, 6.45) is 3.57. The Labute approximate surface area is 172 Å². The van der Waals surface area contributed by atoms with Crippen LogP contribution in [0.1, 0.15) is 19.4 Å². The Hall–Kier alpha value is -3.03. The molecule has 0 unspecified atom stereocenters. The monoisotopic (exact) mass is 398 g/mol. The zero-order chi connectivity index (χ0) is 20.8. The van der Waals surface area contributed by atoms with E-state index in [-0.39, 0.29) is 12.5 Å². The summed E-state index contributed by atoms with van der Waals surface area (Å²) in [5.74, 6) is 2.11. The number of anilines is 1. The number of ether oxygens (including phenoxy) is 1. The van der Waals surface area contributed by atoms with E-state index in [4.69, 9.17) is 4.74 Å². The number of nitrogens with zero attached hydrogens (tertiary/aromatic N) is 5. The average molecular weight is 399 g/mol. The Morgan fingerprint density at radius 2 is 2.17 bits per heavy atom. The molecule has 1 aromatic carbocycles. The summed E-state index contributed by atoms with van der Waals surface area (Å²) >= 11 is 0.